The Morgan fingerprint density at radius 1 is 1.17 bits per heavy atom. The van der Waals surface area contributed by atoms with E-state index in [0.29, 0.717) is 29.7 Å². The summed E-state index contributed by atoms with van der Waals surface area (Å²) in [5.74, 6) is 0.876. The molecule has 2 amide bonds. The normalized spacial score (nSPS) is 11.1. The summed E-state index contributed by atoms with van der Waals surface area (Å²) < 4.78 is 10.5. The molecule has 0 aliphatic rings. The number of carbonyl (C=O) groups is 2. The van der Waals surface area contributed by atoms with Crippen LogP contribution in [0.25, 0.3) is 0 Å². The molecule has 0 heterocycles. The van der Waals surface area contributed by atoms with Gasteiger partial charge in [0.2, 0.25) is 5.91 Å². The van der Waals surface area contributed by atoms with Crippen LogP contribution in [0, 0.1) is 5.92 Å². The van der Waals surface area contributed by atoms with Crippen LogP contribution in [0.1, 0.15) is 27.2 Å². The summed E-state index contributed by atoms with van der Waals surface area (Å²) in [6.07, 6.45) is 0.139. The van der Waals surface area contributed by atoms with Gasteiger partial charge in [0, 0.05) is 12.3 Å². The zero-order valence-electron chi connectivity index (χ0n) is 14.6. The molecule has 0 spiro atoms. The van der Waals surface area contributed by atoms with E-state index in [2.05, 4.69) is 15.8 Å². The van der Waals surface area contributed by atoms with Gasteiger partial charge in [0.25, 0.3) is 5.91 Å². The molecule has 1 aromatic rings. The molecule has 1 rings (SSSR count). The Bertz CT molecular complexity index is 585. The number of nitrogens with zero attached hydrogens (tertiary/aromatic N) is 1. The maximum atomic E-state index is 11.7. The number of hydrogen-bond acceptors (Lipinski definition) is 5. The Morgan fingerprint density at radius 3 is 2.46 bits per heavy atom. The van der Waals surface area contributed by atoms with Gasteiger partial charge in [0.15, 0.2) is 18.1 Å². The highest BCUT2D eigenvalue weighted by molar-refractivity contribution is 6.00. The Labute approximate surface area is 142 Å². The number of amides is 2. The van der Waals surface area contributed by atoms with E-state index in [4.69, 9.17) is 9.47 Å². The van der Waals surface area contributed by atoms with Crippen molar-refractivity contribution in [2.24, 2.45) is 11.0 Å². The van der Waals surface area contributed by atoms with E-state index < -0.39 is 5.91 Å². The van der Waals surface area contributed by atoms with Crippen LogP contribution < -0.4 is 20.2 Å². The topological polar surface area (TPSA) is 89.0 Å². The van der Waals surface area contributed by atoms with Gasteiger partial charge in [-0.25, -0.2) is 5.43 Å². The Hall–Kier alpha value is -2.57. The number of carbonyl (C=O) groups excluding carboxylic acids is 2. The lowest BCUT2D eigenvalue weighted by Crippen LogP contribution is -2.30. The molecule has 0 saturated heterocycles. The zero-order valence-corrected chi connectivity index (χ0v) is 14.6. The van der Waals surface area contributed by atoms with E-state index >= 15 is 0 Å². The van der Waals surface area contributed by atoms with Crippen molar-refractivity contribution in [2.45, 2.75) is 27.2 Å². The second-order valence-corrected chi connectivity index (χ2v) is 5.70. The van der Waals surface area contributed by atoms with Gasteiger partial charge in [-0.1, -0.05) is 26.0 Å². The van der Waals surface area contributed by atoms with Gasteiger partial charge in [-0.3, -0.25) is 9.59 Å². The van der Waals surface area contributed by atoms with Gasteiger partial charge >= 0.3 is 0 Å². The minimum absolute atomic E-state index is 0.121. The summed E-state index contributed by atoms with van der Waals surface area (Å²) in [5.41, 5.74) is 2.88. The molecule has 0 aliphatic carbocycles. The number of hydrogen-bond donors (Lipinski definition) is 2. The van der Waals surface area contributed by atoms with Crippen molar-refractivity contribution in [1.29, 1.82) is 0 Å². The first-order valence-corrected chi connectivity index (χ1v) is 7.77. The molecule has 7 nitrogen and oxygen atoms in total. The van der Waals surface area contributed by atoms with Crippen LogP contribution in [0.4, 0.5) is 0 Å². The molecular weight excluding hydrogens is 310 g/mol. The molecule has 2 N–H and O–H groups in total. The van der Waals surface area contributed by atoms with Crippen molar-refractivity contribution < 1.29 is 19.1 Å². The summed E-state index contributed by atoms with van der Waals surface area (Å²) in [5, 5.41) is 6.68. The van der Waals surface area contributed by atoms with Crippen LogP contribution in [-0.4, -0.2) is 37.8 Å². The van der Waals surface area contributed by atoms with Crippen molar-refractivity contribution in [2.75, 3.05) is 20.3 Å². The summed E-state index contributed by atoms with van der Waals surface area (Å²) >= 11 is 0. The first kappa shape index (κ1) is 19.5. The van der Waals surface area contributed by atoms with Crippen LogP contribution in [0.2, 0.25) is 0 Å². The molecule has 0 fully saturated rings. The summed E-state index contributed by atoms with van der Waals surface area (Å²) in [6.45, 7) is 6.13. The predicted octanol–water partition coefficient (Wildman–Crippen LogP) is 1.73. The van der Waals surface area contributed by atoms with Crippen LogP contribution in [-0.2, 0) is 9.59 Å². The molecule has 0 unspecified atom stereocenters. The van der Waals surface area contributed by atoms with Crippen LogP contribution in [0.15, 0.2) is 29.4 Å². The van der Waals surface area contributed by atoms with E-state index in [1.54, 1.807) is 25.1 Å². The van der Waals surface area contributed by atoms with E-state index in [0.717, 1.165) is 0 Å². The maximum absolute atomic E-state index is 11.7. The fraction of sp³-hybridized carbons (Fsp3) is 0.471. The lowest BCUT2D eigenvalue weighted by atomic mass is 10.2. The molecule has 7 heteroatoms. The first-order valence-electron chi connectivity index (χ1n) is 7.77. The van der Waals surface area contributed by atoms with Crippen molar-refractivity contribution in [3.8, 4) is 11.5 Å². The SMILES string of the molecule is COc1ccccc1OCC(=O)NN=C(C)CC(=O)NCC(C)C. The number of nitrogens with one attached hydrogen (secondary N) is 2. The zero-order chi connectivity index (χ0) is 17.9. The number of hydrazone groups is 1. The van der Waals surface area contributed by atoms with Gasteiger partial charge in [-0.05, 0) is 25.0 Å². The highest BCUT2D eigenvalue weighted by atomic mass is 16.5. The molecule has 132 valence electrons. The van der Waals surface area contributed by atoms with Crippen molar-refractivity contribution in [3.63, 3.8) is 0 Å². The quantitative estimate of drug-likeness (QED) is 0.531. The fourth-order valence-corrected chi connectivity index (χ4v) is 1.72. The third-order valence-corrected chi connectivity index (χ3v) is 2.92. The number of para-hydroxylation sites is 2. The molecule has 0 saturated carbocycles. The van der Waals surface area contributed by atoms with Gasteiger partial charge in [-0.15, -0.1) is 0 Å². The number of rotatable bonds is 9. The molecule has 0 atom stereocenters. The van der Waals surface area contributed by atoms with Gasteiger partial charge < -0.3 is 14.8 Å². The van der Waals surface area contributed by atoms with Gasteiger partial charge in [0.05, 0.1) is 13.5 Å². The van der Waals surface area contributed by atoms with Crippen LogP contribution >= 0.6 is 0 Å². The van der Waals surface area contributed by atoms with E-state index in [-0.39, 0.29) is 18.9 Å². The highest BCUT2D eigenvalue weighted by Gasteiger charge is 2.08. The predicted molar refractivity (Wildman–Crippen MR) is 92.2 cm³/mol. The largest absolute Gasteiger partial charge is 0.493 e. The minimum Gasteiger partial charge on any atom is -0.493 e. The molecule has 0 aliphatic heterocycles. The molecule has 0 radical (unpaired) electrons. The van der Waals surface area contributed by atoms with Crippen molar-refractivity contribution in [1.82, 2.24) is 10.7 Å². The van der Waals surface area contributed by atoms with E-state index in [9.17, 15) is 9.59 Å². The molecule has 1 aromatic carbocycles. The lowest BCUT2D eigenvalue weighted by molar-refractivity contribution is -0.123. The van der Waals surface area contributed by atoms with Gasteiger partial charge in [-0.2, -0.15) is 5.10 Å². The summed E-state index contributed by atoms with van der Waals surface area (Å²) in [4.78, 5) is 23.4. The smallest absolute Gasteiger partial charge is 0.277 e. The molecular formula is C17H25N3O4. The van der Waals surface area contributed by atoms with Crippen molar-refractivity contribution >= 4 is 17.5 Å². The fourth-order valence-electron chi connectivity index (χ4n) is 1.72. The van der Waals surface area contributed by atoms with Crippen molar-refractivity contribution in [3.05, 3.63) is 24.3 Å². The molecule has 24 heavy (non-hydrogen) atoms. The van der Waals surface area contributed by atoms with Gasteiger partial charge in [0.1, 0.15) is 0 Å². The number of ether oxygens (including phenoxy) is 2. The first-order chi connectivity index (χ1) is 11.4. The molecule has 0 aromatic heterocycles. The second-order valence-electron chi connectivity index (χ2n) is 5.70. The second kappa shape index (κ2) is 10.3. The standard InChI is InChI=1S/C17H25N3O4/c1-12(2)10-18-16(21)9-13(3)19-20-17(22)11-24-15-8-6-5-7-14(15)23-4/h5-8,12H,9-11H2,1-4H3,(H,18,21)(H,20,22). The average molecular weight is 335 g/mol. The third-order valence-electron chi connectivity index (χ3n) is 2.92. The lowest BCUT2D eigenvalue weighted by Gasteiger charge is -2.09. The maximum Gasteiger partial charge on any atom is 0.277 e. The van der Waals surface area contributed by atoms with E-state index in [1.165, 1.54) is 7.11 Å². The van der Waals surface area contributed by atoms with Crippen LogP contribution in [0.3, 0.4) is 0 Å². The Morgan fingerprint density at radius 2 is 1.83 bits per heavy atom. The third kappa shape index (κ3) is 7.62. The summed E-state index contributed by atoms with van der Waals surface area (Å²) in [7, 11) is 1.53. The Balaban J connectivity index is 2.37. The number of benzene rings is 1. The highest BCUT2D eigenvalue weighted by Crippen LogP contribution is 2.25. The van der Waals surface area contributed by atoms with E-state index in [1.807, 2.05) is 19.9 Å². The molecule has 0 bridgehead atoms. The summed E-state index contributed by atoms with van der Waals surface area (Å²) in [6, 6.07) is 7.04. The van der Waals surface area contributed by atoms with Crippen LogP contribution in [0.5, 0.6) is 11.5 Å². The number of methoxy groups -OCH3 is 1. The monoisotopic (exact) mass is 335 g/mol. The Kier molecular flexibility index (Phi) is 8.32. The average Bonchev–Trinajstić information content (AvgIpc) is 2.56. The minimum atomic E-state index is -0.414.